The smallest absolute Gasteiger partial charge is 0.265 e. The second kappa shape index (κ2) is 5.57. The number of benzene rings is 1. The molecule has 0 saturated heterocycles. The van der Waals surface area contributed by atoms with Gasteiger partial charge in [0.25, 0.3) is 10.0 Å². The van der Waals surface area contributed by atoms with Gasteiger partial charge in [0, 0.05) is 24.4 Å². The molecule has 1 aromatic carbocycles. The number of hydrogen-bond acceptors (Lipinski definition) is 5. The van der Waals surface area contributed by atoms with Gasteiger partial charge in [-0.1, -0.05) is 29.0 Å². The van der Waals surface area contributed by atoms with Crippen molar-refractivity contribution in [2.45, 2.75) is 24.8 Å². The van der Waals surface area contributed by atoms with E-state index in [2.05, 4.69) is 15.0 Å². The van der Waals surface area contributed by atoms with E-state index in [1.54, 1.807) is 12.1 Å². The summed E-state index contributed by atoms with van der Waals surface area (Å²) in [6, 6.07) is 4.86. The lowest BCUT2D eigenvalue weighted by Gasteiger charge is -2.09. The van der Waals surface area contributed by atoms with E-state index in [0.717, 1.165) is 35.6 Å². The number of thiazole rings is 1. The SMILES string of the molecule is Cc1ccc(S(=O)(=O)Nc2nc3c(s2)CNCC3)c(Cl)c1. The molecule has 0 aliphatic carbocycles. The van der Waals surface area contributed by atoms with Crippen LogP contribution in [0.1, 0.15) is 16.1 Å². The number of rotatable bonds is 3. The average molecular weight is 344 g/mol. The Labute approximate surface area is 132 Å². The zero-order valence-corrected chi connectivity index (χ0v) is 13.7. The van der Waals surface area contributed by atoms with Gasteiger partial charge < -0.3 is 5.32 Å². The van der Waals surface area contributed by atoms with E-state index in [4.69, 9.17) is 11.6 Å². The molecule has 21 heavy (non-hydrogen) atoms. The molecule has 0 atom stereocenters. The van der Waals surface area contributed by atoms with Crippen LogP contribution in [0.3, 0.4) is 0 Å². The Hall–Kier alpha value is -1.15. The summed E-state index contributed by atoms with van der Waals surface area (Å²) in [6.07, 6.45) is 0.818. The topological polar surface area (TPSA) is 71.1 Å². The fourth-order valence-corrected chi connectivity index (χ4v) is 4.98. The van der Waals surface area contributed by atoms with Gasteiger partial charge in [0.1, 0.15) is 4.90 Å². The van der Waals surface area contributed by atoms with E-state index < -0.39 is 10.0 Å². The van der Waals surface area contributed by atoms with Crippen LogP contribution in [-0.2, 0) is 23.0 Å². The third-order valence-corrected chi connectivity index (χ3v) is 6.17. The fourth-order valence-electron chi connectivity index (χ4n) is 2.16. The average Bonchev–Trinajstić information content (AvgIpc) is 2.79. The molecule has 5 nitrogen and oxygen atoms in total. The maximum atomic E-state index is 12.4. The summed E-state index contributed by atoms with van der Waals surface area (Å²) in [7, 11) is -3.71. The summed E-state index contributed by atoms with van der Waals surface area (Å²) in [5.41, 5.74) is 1.88. The standard InChI is InChI=1S/C13H14ClN3O2S2/c1-8-2-3-12(9(14)6-8)21(18,19)17-13-16-10-4-5-15-7-11(10)20-13/h2-3,6,15H,4-5,7H2,1H3,(H,16,17). The normalized spacial score (nSPS) is 14.8. The minimum Gasteiger partial charge on any atom is -0.311 e. The van der Waals surface area contributed by atoms with Crippen molar-refractivity contribution in [3.05, 3.63) is 39.4 Å². The first-order valence-corrected chi connectivity index (χ1v) is 9.12. The van der Waals surface area contributed by atoms with Crippen molar-refractivity contribution in [3.63, 3.8) is 0 Å². The molecule has 1 aliphatic rings. The van der Waals surface area contributed by atoms with Crippen molar-refractivity contribution < 1.29 is 8.42 Å². The highest BCUT2D eigenvalue weighted by molar-refractivity contribution is 7.93. The summed E-state index contributed by atoms with van der Waals surface area (Å²) in [6.45, 7) is 3.46. The van der Waals surface area contributed by atoms with Crippen LogP contribution in [0.4, 0.5) is 5.13 Å². The fraction of sp³-hybridized carbons (Fsp3) is 0.308. The Morgan fingerprint density at radius 3 is 2.95 bits per heavy atom. The molecule has 3 rings (SSSR count). The second-order valence-corrected chi connectivity index (χ2v) is 8.00. The highest BCUT2D eigenvalue weighted by Gasteiger charge is 2.22. The molecule has 0 amide bonds. The van der Waals surface area contributed by atoms with Crippen LogP contribution in [0.5, 0.6) is 0 Å². The first kappa shape index (κ1) is 14.8. The minimum absolute atomic E-state index is 0.0704. The van der Waals surface area contributed by atoms with E-state index in [-0.39, 0.29) is 9.92 Å². The molecule has 0 bridgehead atoms. The molecular formula is C13H14ClN3O2S2. The molecule has 0 fully saturated rings. The van der Waals surface area contributed by atoms with Gasteiger partial charge in [-0.05, 0) is 24.6 Å². The number of aryl methyl sites for hydroxylation is 1. The highest BCUT2D eigenvalue weighted by Crippen LogP contribution is 2.29. The predicted molar refractivity (Wildman–Crippen MR) is 84.5 cm³/mol. The molecule has 0 unspecified atom stereocenters. The Balaban J connectivity index is 1.90. The number of fused-ring (bicyclic) bond motifs is 1. The summed E-state index contributed by atoms with van der Waals surface area (Å²) in [4.78, 5) is 5.50. The molecule has 0 radical (unpaired) electrons. The number of halogens is 1. The van der Waals surface area contributed by atoms with Crippen LogP contribution >= 0.6 is 22.9 Å². The van der Waals surface area contributed by atoms with E-state index in [1.165, 1.54) is 17.4 Å². The van der Waals surface area contributed by atoms with E-state index >= 15 is 0 Å². The third-order valence-electron chi connectivity index (χ3n) is 3.20. The van der Waals surface area contributed by atoms with Crippen molar-refractivity contribution in [1.82, 2.24) is 10.3 Å². The largest absolute Gasteiger partial charge is 0.311 e. The lowest BCUT2D eigenvalue weighted by Crippen LogP contribution is -2.22. The number of aromatic nitrogens is 1. The summed E-state index contributed by atoms with van der Waals surface area (Å²) >= 11 is 7.39. The van der Waals surface area contributed by atoms with E-state index in [1.807, 2.05) is 6.92 Å². The number of sulfonamides is 1. The van der Waals surface area contributed by atoms with Crippen molar-refractivity contribution >= 4 is 38.1 Å². The zero-order chi connectivity index (χ0) is 15.0. The van der Waals surface area contributed by atoms with Gasteiger partial charge in [-0.15, -0.1) is 0 Å². The second-order valence-electron chi connectivity index (χ2n) is 4.86. The summed E-state index contributed by atoms with van der Waals surface area (Å²) in [5.74, 6) is 0. The van der Waals surface area contributed by atoms with Crippen molar-refractivity contribution in [1.29, 1.82) is 0 Å². The van der Waals surface area contributed by atoms with Crippen molar-refractivity contribution in [2.75, 3.05) is 11.3 Å². The van der Waals surface area contributed by atoms with Gasteiger partial charge in [-0.25, -0.2) is 13.4 Å². The van der Waals surface area contributed by atoms with Crippen LogP contribution < -0.4 is 10.0 Å². The van der Waals surface area contributed by atoms with Gasteiger partial charge in [0.05, 0.1) is 10.7 Å². The number of anilines is 1. The first-order chi connectivity index (χ1) is 9.95. The first-order valence-electron chi connectivity index (χ1n) is 6.44. The Morgan fingerprint density at radius 1 is 1.43 bits per heavy atom. The lowest BCUT2D eigenvalue weighted by molar-refractivity contribution is 0.601. The zero-order valence-electron chi connectivity index (χ0n) is 11.3. The van der Waals surface area contributed by atoms with Gasteiger partial charge in [0.15, 0.2) is 5.13 Å². The Bertz CT molecular complexity index is 763. The molecular weight excluding hydrogens is 330 g/mol. The molecule has 0 saturated carbocycles. The minimum atomic E-state index is -3.71. The molecule has 0 spiro atoms. The quantitative estimate of drug-likeness (QED) is 0.898. The number of hydrogen-bond donors (Lipinski definition) is 2. The van der Waals surface area contributed by atoms with Gasteiger partial charge >= 0.3 is 0 Å². The van der Waals surface area contributed by atoms with Gasteiger partial charge in [0.2, 0.25) is 0 Å². The third kappa shape index (κ3) is 3.06. The maximum absolute atomic E-state index is 12.4. The van der Waals surface area contributed by atoms with E-state index in [0.29, 0.717) is 5.13 Å². The number of nitrogens with one attached hydrogen (secondary N) is 2. The Kier molecular flexibility index (Phi) is 3.92. The van der Waals surface area contributed by atoms with Gasteiger partial charge in [-0.3, -0.25) is 4.72 Å². The monoisotopic (exact) mass is 343 g/mol. The molecule has 1 aliphatic heterocycles. The van der Waals surface area contributed by atoms with Crippen LogP contribution in [0, 0.1) is 6.92 Å². The van der Waals surface area contributed by atoms with Crippen LogP contribution in [0.15, 0.2) is 23.1 Å². The molecule has 2 aromatic rings. The molecule has 2 N–H and O–H groups in total. The number of nitrogens with zero attached hydrogens (tertiary/aromatic N) is 1. The van der Waals surface area contributed by atoms with Crippen LogP contribution in [0.25, 0.3) is 0 Å². The van der Waals surface area contributed by atoms with Crippen molar-refractivity contribution in [2.24, 2.45) is 0 Å². The lowest BCUT2D eigenvalue weighted by atomic mass is 10.2. The Morgan fingerprint density at radius 2 is 2.24 bits per heavy atom. The van der Waals surface area contributed by atoms with E-state index in [9.17, 15) is 8.42 Å². The molecule has 1 aromatic heterocycles. The summed E-state index contributed by atoms with van der Waals surface area (Å²) < 4.78 is 27.3. The van der Waals surface area contributed by atoms with Crippen molar-refractivity contribution in [3.8, 4) is 0 Å². The predicted octanol–water partition coefficient (Wildman–Crippen LogP) is 2.55. The van der Waals surface area contributed by atoms with Crippen LogP contribution in [-0.4, -0.2) is 19.9 Å². The molecule has 112 valence electrons. The van der Waals surface area contributed by atoms with Crippen LogP contribution in [0.2, 0.25) is 5.02 Å². The highest BCUT2D eigenvalue weighted by atomic mass is 35.5. The molecule has 8 heteroatoms. The maximum Gasteiger partial charge on any atom is 0.265 e. The summed E-state index contributed by atoms with van der Waals surface area (Å²) in [5, 5.41) is 3.84. The molecule has 2 heterocycles. The van der Waals surface area contributed by atoms with Gasteiger partial charge in [-0.2, -0.15) is 0 Å².